The van der Waals surface area contributed by atoms with Crippen LogP contribution in [-0.4, -0.2) is 0 Å². The molecule has 0 aliphatic heterocycles. The molecule has 0 unspecified atom stereocenters. The molecule has 31 heavy (non-hydrogen) atoms. The van der Waals surface area contributed by atoms with Crippen molar-refractivity contribution in [3.05, 3.63) is 57.6 Å². The van der Waals surface area contributed by atoms with E-state index in [1.165, 1.54) is 43.2 Å². The highest BCUT2D eigenvalue weighted by Crippen LogP contribution is 2.46. The maximum Gasteiger partial charge on any atom is 0.0192 e. The highest BCUT2D eigenvalue weighted by molar-refractivity contribution is 7.99. The van der Waals surface area contributed by atoms with Crippen LogP contribution in [0.2, 0.25) is 0 Å². The van der Waals surface area contributed by atoms with Crippen LogP contribution >= 0.6 is 11.8 Å². The van der Waals surface area contributed by atoms with Gasteiger partial charge in [-0.05, 0) is 68.9 Å². The summed E-state index contributed by atoms with van der Waals surface area (Å²) in [5.74, 6) is 3.16. The Hall–Kier alpha value is -1.21. The highest BCUT2D eigenvalue weighted by Gasteiger charge is 2.23. The number of hydrogen-bond acceptors (Lipinski definition) is 1. The average Bonchev–Trinajstić information content (AvgIpc) is 2.66. The zero-order valence-corrected chi connectivity index (χ0v) is 23.0. The minimum Gasteiger partial charge on any atom is -0.0889 e. The van der Waals surface area contributed by atoms with Gasteiger partial charge < -0.3 is 0 Å². The van der Waals surface area contributed by atoms with Crippen LogP contribution < -0.4 is 0 Å². The second kappa shape index (κ2) is 10.6. The Morgan fingerprint density at radius 3 is 0.774 bits per heavy atom. The fourth-order valence-corrected chi connectivity index (χ4v) is 5.97. The molecule has 0 radical (unpaired) electrons. The average molecular weight is 439 g/mol. The van der Waals surface area contributed by atoms with Crippen LogP contribution in [0.5, 0.6) is 0 Å². The maximum absolute atomic E-state index is 2.48. The van der Waals surface area contributed by atoms with Crippen LogP contribution in [0, 0.1) is 0 Å². The first kappa shape index (κ1) is 26.0. The molecule has 0 N–H and O–H groups in total. The third kappa shape index (κ3) is 5.98. The SMILES string of the molecule is CC(C)c1cc(C(C)C)c(Sc2c(C(C)C)cc(C(C)C)cc2C(C)C)c(C(C)C)c1. The van der Waals surface area contributed by atoms with Gasteiger partial charge >= 0.3 is 0 Å². The molecule has 2 aromatic carbocycles. The minimum absolute atomic E-state index is 0.513. The van der Waals surface area contributed by atoms with E-state index >= 15 is 0 Å². The quantitative estimate of drug-likeness (QED) is 0.395. The predicted molar refractivity (Wildman–Crippen MR) is 142 cm³/mol. The van der Waals surface area contributed by atoms with E-state index in [4.69, 9.17) is 0 Å². The smallest absolute Gasteiger partial charge is 0.0192 e. The van der Waals surface area contributed by atoms with Crippen LogP contribution in [0.15, 0.2) is 34.1 Å². The number of rotatable bonds is 8. The monoisotopic (exact) mass is 438 g/mol. The standard InChI is InChI=1S/C30H46S/c1-17(2)23-13-25(19(5)6)29(26(14-23)20(7)8)31-30-27(21(9)10)15-24(18(3)4)16-28(30)22(11)12/h13-22H,1-12H3. The molecule has 172 valence electrons. The van der Waals surface area contributed by atoms with Gasteiger partial charge in [0.2, 0.25) is 0 Å². The summed E-state index contributed by atoms with van der Waals surface area (Å²) in [6.45, 7) is 28.1. The predicted octanol–water partition coefficient (Wildman–Crippen LogP) is 10.6. The Bertz CT molecular complexity index is 750. The van der Waals surface area contributed by atoms with Crippen LogP contribution in [0.25, 0.3) is 0 Å². The van der Waals surface area contributed by atoms with Crippen molar-refractivity contribution >= 4 is 11.8 Å². The van der Waals surface area contributed by atoms with Gasteiger partial charge in [-0.15, -0.1) is 0 Å². The van der Waals surface area contributed by atoms with E-state index in [-0.39, 0.29) is 0 Å². The van der Waals surface area contributed by atoms with Crippen molar-refractivity contribution in [2.75, 3.05) is 0 Å². The molecule has 0 saturated carbocycles. The molecule has 0 aliphatic carbocycles. The number of benzene rings is 2. The molecule has 1 heteroatoms. The third-order valence-electron chi connectivity index (χ3n) is 6.36. The summed E-state index contributed by atoms with van der Waals surface area (Å²) in [5.41, 5.74) is 8.99. The van der Waals surface area contributed by atoms with Gasteiger partial charge in [-0.3, -0.25) is 0 Å². The lowest BCUT2D eigenvalue weighted by Crippen LogP contribution is -2.06. The molecule has 2 rings (SSSR count). The van der Waals surface area contributed by atoms with Crippen molar-refractivity contribution in [2.24, 2.45) is 0 Å². The first-order chi connectivity index (χ1) is 14.3. The van der Waals surface area contributed by atoms with Gasteiger partial charge in [0.05, 0.1) is 0 Å². The zero-order chi connectivity index (χ0) is 23.6. The first-order valence-corrected chi connectivity index (χ1v) is 13.2. The lowest BCUT2D eigenvalue weighted by molar-refractivity contribution is 0.763. The Balaban J connectivity index is 2.83. The van der Waals surface area contributed by atoms with E-state index in [1.807, 2.05) is 11.8 Å². The first-order valence-electron chi connectivity index (χ1n) is 12.4. The molecule has 0 fully saturated rings. The summed E-state index contributed by atoms with van der Waals surface area (Å²) in [6.07, 6.45) is 0. The summed E-state index contributed by atoms with van der Waals surface area (Å²) < 4.78 is 0. The summed E-state index contributed by atoms with van der Waals surface area (Å²) in [4.78, 5) is 2.99. The molecule has 0 aromatic heterocycles. The van der Waals surface area contributed by atoms with Crippen molar-refractivity contribution in [3.8, 4) is 0 Å². The minimum atomic E-state index is 0.513. The van der Waals surface area contributed by atoms with Crippen molar-refractivity contribution in [1.29, 1.82) is 0 Å². The zero-order valence-electron chi connectivity index (χ0n) is 22.2. The van der Waals surface area contributed by atoms with Crippen molar-refractivity contribution in [2.45, 2.75) is 128 Å². The summed E-state index contributed by atoms with van der Waals surface area (Å²) in [5, 5.41) is 0. The lowest BCUT2D eigenvalue weighted by Gasteiger charge is -2.26. The van der Waals surface area contributed by atoms with Gasteiger partial charge in [-0.25, -0.2) is 0 Å². The molecular weight excluding hydrogens is 392 g/mol. The van der Waals surface area contributed by atoms with Crippen LogP contribution in [-0.2, 0) is 0 Å². The second-order valence-corrected chi connectivity index (χ2v) is 12.1. The second-order valence-electron chi connectivity index (χ2n) is 11.1. The van der Waals surface area contributed by atoms with Crippen LogP contribution in [0.3, 0.4) is 0 Å². The van der Waals surface area contributed by atoms with E-state index in [1.54, 1.807) is 0 Å². The molecule has 0 atom stereocenters. The van der Waals surface area contributed by atoms with Crippen molar-refractivity contribution in [3.63, 3.8) is 0 Å². The molecular formula is C30H46S. The molecule has 0 saturated heterocycles. The molecule has 0 bridgehead atoms. The molecule has 0 spiro atoms. The topological polar surface area (TPSA) is 0 Å². The molecule has 0 amide bonds. The number of hydrogen-bond donors (Lipinski definition) is 0. The summed E-state index contributed by atoms with van der Waals surface area (Å²) in [7, 11) is 0. The Morgan fingerprint density at radius 2 is 0.613 bits per heavy atom. The largest absolute Gasteiger partial charge is 0.0889 e. The van der Waals surface area contributed by atoms with E-state index in [0.717, 1.165) is 0 Å². The lowest BCUT2D eigenvalue weighted by atomic mass is 9.89. The van der Waals surface area contributed by atoms with Gasteiger partial charge in [-0.1, -0.05) is 119 Å². The Morgan fingerprint density at radius 1 is 0.387 bits per heavy atom. The Kier molecular flexibility index (Phi) is 8.91. The maximum atomic E-state index is 2.48. The molecule has 0 heterocycles. The van der Waals surface area contributed by atoms with Gasteiger partial charge in [0.25, 0.3) is 0 Å². The fraction of sp³-hybridized carbons (Fsp3) is 0.600. The van der Waals surface area contributed by atoms with Crippen LogP contribution in [0.1, 0.15) is 152 Å². The van der Waals surface area contributed by atoms with Gasteiger partial charge in [0.15, 0.2) is 0 Å². The molecule has 2 aromatic rings. The molecule has 0 aliphatic rings. The van der Waals surface area contributed by atoms with Gasteiger partial charge in [-0.2, -0.15) is 0 Å². The van der Waals surface area contributed by atoms with Crippen molar-refractivity contribution < 1.29 is 0 Å². The van der Waals surface area contributed by atoms with E-state index in [9.17, 15) is 0 Å². The van der Waals surface area contributed by atoms with Crippen molar-refractivity contribution in [1.82, 2.24) is 0 Å². The van der Waals surface area contributed by atoms with Crippen LogP contribution in [0.4, 0.5) is 0 Å². The highest BCUT2D eigenvalue weighted by atomic mass is 32.2. The van der Waals surface area contributed by atoms with E-state index in [0.29, 0.717) is 35.5 Å². The van der Waals surface area contributed by atoms with E-state index in [2.05, 4.69) is 107 Å². The van der Waals surface area contributed by atoms with Gasteiger partial charge in [0, 0.05) is 9.79 Å². The Labute approximate surface area is 197 Å². The summed E-state index contributed by atoms with van der Waals surface area (Å²) in [6, 6.07) is 9.93. The third-order valence-corrected chi connectivity index (χ3v) is 7.71. The molecule has 0 nitrogen and oxygen atoms in total. The normalized spacial score (nSPS) is 12.5. The van der Waals surface area contributed by atoms with Gasteiger partial charge in [0.1, 0.15) is 0 Å². The van der Waals surface area contributed by atoms with E-state index < -0.39 is 0 Å². The summed E-state index contributed by atoms with van der Waals surface area (Å²) >= 11 is 2.05. The fourth-order valence-electron chi connectivity index (χ4n) is 4.12.